The zero-order chi connectivity index (χ0) is 11.4. The molecule has 1 atom stereocenters. The minimum absolute atomic E-state index is 0.682. The summed E-state index contributed by atoms with van der Waals surface area (Å²) in [5, 5.41) is 3.20. The lowest BCUT2D eigenvalue weighted by Gasteiger charge is -2.11. The highest BCUT2D eigenvalue weighted by atomic mass is 31.2. The van der Waals surface area contributed by atoms with Crippen molar-refractivity contribution in [2.45, 2.75) is 13.8 Å². The number of amidine groups is 1. The lowest BCUT2D eigenvalue weighted by atomic mass is 10.2. The number of nitrogens with one attached hydrogen (secondary N) is 2. The molecule has 0 spiro atoms. The van der Waals surface area contributed by atoms with Crippen molar-refractivity contribution in [3.05, 3.63) is 35.9 Å². The van der Waals surface area contributed by atoms with Gasteiger partial charge in [-0.1, -0.05) is 40.3 Å². The molecule has 86 valence electrons. The van der Waals surface area contributed by atoms with Crippen LogP contribution < -0.4 is 10.6 Å². The molecule has 1 aromatic carbocycles. The van der Waals surface area contributed by atoms with Gasteiger partial charge < -0.3 is 0 Å². The molecule has 1 unspecified atom stereocenters. The molecular weight excluding hydrogens is 221 g/mol. The van der Waals surface area contributed by atoms with Crippen LogP contribution in [0.3, 0.4) is 0 Å². The zero-order valence-corrected chi connectivity index (χ0v) is 10.5. The maximum atomic E-state index is 5.74. The number of hydrogen-bond donors (Lipinski definition) is 2. The minimum Gasteiger partial charge on any atom is -0.267 e. The molecule has 0 bridgehead atoms. The number of hydrogen-bond acceptors (Lipinski definition) is 4. The molecule has 0 radical (unpaired) electrons. The third kappa shape index (κ3) is 2.24. The smallest absolute Gasteiger partial charge is 0.267 e. The van der Waals surface area contributed by atoms with Gasteiger partial charge in [0, 0.05) is 5.56 Å². The summed E-state index contributed by atoms with van der Waals surface area (Å²) in [6.07, 6.45) is 0.893. The first kappa shape index (κ1) is 11.5. The van der Waals surface area contributed by atoms with E-state index in [1.54, 1.807) is 0 Å². The van der Waals surface area contributed by atoms with Gasteiger partial charge in [0.05, 0.1) is 6.61 Å². The SMILES string of the molecule is CCO[P+]1(CC)N=C(c2ccccc2)NN1. The Kier molecular flexibility index (Phi) is 3.54. The topological polar surface area (TPSA) is 45.6 Å². The largest absolute Gasteiger partial charge is 0.352 e. The van der Waals surface area contributed by atoms with Crippen LogP contribution in [0, 0.1) is 0 Å². The Hall–Kier alpha value is -0.960. The summed E-state index contributed by atoms with van der Waals surface area (Å²) in [5.41, 5.74) is 4.21. The monoisotopic (exact) mass is 238 g/mol. The summed E-state index contributed by atoms with van der Waals surface area (Å²) in [4.78, 5) is 0. The van der Waals surface area contributed by atoms with Crippen molar-refractivity contribution in [3.8, 4) is 0 Å². The van der Waals surface area contributed by atoms with Crippen LogP contribution in [0.15, 0.2) is 35.1 Å². The zero-order valence-electron chi connectivity index (χ0n) is 9.60. The van der Waals surface area contributed by atoms with Gasteiger partial charge in [-0.3, -0.25) is 5.43 Å². The van der Waals surface area contributed by atoms with Crippen molar-refractivity contribution in [1.82, 2.24) is 10.6 Å². The van der Waals surface area contributed by atoms with Gasteiger partial charge in [-0.2, -0.15) is 4.52 Å². The van der Waals surface area contributed by atoms with E-state index < -0.39 is 7.79 Å². The Bertz CT molecular complexity index is 382. The van der Waals surface area contributed by atoms with Gasteiger partial charge in [0.1, 0.15) is 6.16 Å². The number of nitrogens with zero attached hydrogens (tertiary/aromatic N) is 1. The molecule has 0 fully saturated rings. The summed E-state index contributed by atoms with van der Waals surface area (Å²) in [7, 11) is -1.82. The van der Waals surface area contributed by atoms with Gasteiger partial charge in [0.15, 0.2) is 5.84 Å². The normalized spacial score (nSPS) is 24.0. The Labute approximate surface area is 96.6 Å². The highest BCUT2D eigenvalue weighted by Crippen LogP contribution is 2.58. The molecule has 0 aliphatic carbocycles. The summed E-state index contributed by atoms with van der Waals surface area (Å²) in [6.45, 7) is 4.77. The van der Waals surface area contributed by atoms with Crippen molar-refractivity contribution >= 4 is 13.6 Å². The van der Waals surface area contributed by atoms with E-state index >= 15 is 0 Å². The maximum Gasteiger partial charge on any atom is 0.352 e. The van der Waals surface area contributed by atoms with Crippen molar-refractivity contribution < 1.29 is 4.52 Å². The summed E-state index contributed by atoms with van der Waals surface area (Å²) < 4.78 is 10.4. The molecule has 16 heavy (non-hydrogen) atoms. The molecule has 2 N–H and O–H groups in total. The van der Waals surface area contributed by atoms with Gasteiger partial charge in [-0.15, -0.1) is 0 Å². The fourth-order valence-electron chi connectivity index (χ4n) is 1.59. The molecule has 4 nitrogen and oxygen atoms in total. The van der Waals surface area contributed by atoms with Crippen molar-refractivity contribution in [2.24, 2.45) is 4.76 Å². The molecule has 5 heteroatoms. The molecule has 0 aromatic heterocycles. The summed E-state index contributed by atoms with van der Waals surface area (Å²) in [6, 6.07) is 10.1. The second-order valence-electron chi connectivity index (χ2n) is 3.49. The third-order valence-electron chi connectivity index (χ3n) is 2.43. The molecule has 1 aromatic rings. The van der Waals surface area contributed by atoms with Crippen LogP contribution in [0.4, 0.5) is 0 Å². The van der Waals surface area contributed by atoms with Gasteiger partial charge in [0.2, 0.25) is 0 Å². The number of rotatable bonds is 4. The minimum atomic E-state index is -1.82. The average molecular weight is 238 g/mol. The Morgan fingerprint density at radius 3 is 2.62 bits per heavy atom. The van der Waals surface area contributed by atoms with E-state index in [0.29, 0.717) is 6.61 Å². The van der Waals surface area contributed by atoms with Gasteiger partial charge in [0.25, 0.3) is 0 Å². The molecule has 2 rings (SSSR count). The standard InChI is InChI=1S/C11H17N3OP/c1-3-15-16(4-2)13-11(12-14-16)10-8-6-5-7-9-10/h5-9,14H,3-4H2,1-2H3,(H,12,13)/q+1. The van der Waals surface area contributed by atoms with Gasteiger partial charge in [-0.05, 0) is 13.8 Å². The van der Waals surface area contributed by atoms with Crippen LogP contribution >= 0.6 is 7.79 Å². The molecule has 0 saturated carbocycles. The van der Waals surface area contributed by atoms with E-state index in [1.807, 2.05) is 37.3 Å². The second-order valence-corrected chi connectivity index (χ2v) is 6.20. The average Bonchev–Trinajstić information content (AvgIpc) is 2.76. The van der Waals surface area contributed by atoms with E-state index in [9.17, 15) is 0 Å². The van der Waals surface area contributed by atoms with E-state index in [4.69, 9.17) is 4.52 Å². The fourth-order valence-corrected chi connectivity index (χ4v) is 3.44. The number of benzene rings is 1. The van der Waals surface area contributed by atoms with Crippen molar-refractivity contribution in [1.29, 1.82) is 0 Å². The van der Waals surface area contributed by atoms with Crippen LogP contribution in [0.5, 0.6) is 0 Å². The van der Waals surface area contributed by atoms with Crippen LogP contribution in [0.2, 0.25) is 0 Å². The summed E-state index contributed by atoms with van der Waals surface area (Å²) >= 11 is 0. The van der Waals surface area contributed by atoms with Crippen LogP contribution in [0.25, 0.3) is 0 Å². The van der Waals surface area contributed by atoms with E-state index in [2.05, 4.69) is 22.3 Å². The van der Waals surface area contributed by atoms with Crippen molar-refractivity contribution in [2.75, 3.05) is 12.8 Å². The molecule has 0 saturated heterocycles. The van der Waals surface area contributed by atoms with Crippen molar-refractivity contribution in [3.63, 3.8) is 0 Å². The molecule has 1 aliphatic heterocycles. The van der Waals surface area contributed by atoms with Gasteiger partial charge >= 0.3 is 7.79 Å². The van der Waals surface area contributed by atoms with E-state index in [0.717, 1.165) is 17.6 Å². The number of hydrazine groups is 1. The quantitative estimate of drug-likeness (QED) is 0.791. The Balaban J connectivity index is 2.23. The third-order valence-corrected chi connectivity index (χ3v) is 4.96. The molecular formula is C11H17N3OP+. The lowest BCUT2D eigenvalue weighted by Crippen LogP contribution is -2.30. The summed E-state index contributed by atoms with van der Waals surface area (Å²) in [5.74, 6) is 0.879. The van der Waals surface area contributed by atoms with E-state index in [-0.39, 0.29) is 0 Å². The fraction of sp³-hybridized carbons (Fsp3) is 0.364. The lowest BCUT2D eigenvalue weighted by molar-refractivity contribution is 0.358. The molecule has 1 heterocycles. The first-order chi connectivity index (χ1) is 7.79. The Morgan fingerprint density at radius 1 is 1.25 bits per heavy atom. The van der Waals surface area contributed by atoms with E-state index in [1.165, 1.54) is 0 Å². The van der Waals surface area contributed by atoms with Crippen LogP contribution in [-0.2, 0) is 4.52 Å². The van der Waals surface area contributed by atoms with Crippen LogP contribution in [0.1, 0.15) is 19.4 Å². The van der Waals surface area contributed by atoms with Crippen LogP contribution in [-0.4, -0.2) is 18.6 Å². The Morgan fingerprint density at radius 2 is 2.00 bits per heavy atom. The first-order valence-electron chi connectivity index (χ1n) is 5.51. The molecule has 1 aliphatic rings. The highest BCUT2D eigenvalue weighted by Gasteiger charge is 2.44. The highest BCUT2D eigenvalue weighted by molar-refractivity contribution is 7.68. The first-order valence-corrected chi connectivity index (χ1v) is 7.35. The predicted molar refractivity (Wildman–Crippen MR) is 68.3 cm³/mol. The predicted octanol–water partition coefficient (Wildman–Crippen LogP) is 2.36. The maximum absolute atomic E-state index is 5.74. The molecule has 0 amide bonds. The second kappa shape index (κ2) is 4.91. The van der Waals surface area contributed by atoms with Gasteiger partial charge in [-0.25, -0.2) is 0 Å².